The first-order valence-electron chi connectivity index (χ1n) is 8.93. The Labute approximate surface area is 160 Å². The highest BCUT2D eigenvalue weighted by Crippen LogP contribution is 2.32. The number of ether oxygens (including phenoxy) is 2. The Kier molecular flexibility index (Phi) is 4.52. The molecule has 28 heavy (non-hydrogen) atoms. The standard InChI is InChI=1S/C20H18N4O4/c1-3-27-19(25)14-10-21-18-13(14)9-8-12-6-5-7-15(17(12)18)24-16(11-22-23-24)20(26)28-4-2/h5-11,21H,3-4H2,1-2H3. The second kappa shape index (κ2) is 7.15. The highest BCUT2D eigenvalue weighted by Gasteiger charge is 2.20. The average molecular weight is 378 g/mol. The maximum absolute atomic E-state index is 12.3. The van der Waals surface area contributed by atoms with Gasteiger partial charge >= 0.3 is 11.9 Å². The van der Waals surface area contributed by atoms with Crippen molar-refractivity contribution in [1.82, 2.24) is 20.0 Å². The van der Waals surface area contributed by atoms with E-state index in [-0.39, 0.29) is 12.3 Å². The quantitative estimate of drug-likeness (QED) is 0.535. The van der Waals surface area contributed by atoms with Gasteiger partial charge in [0.2, 0.25) is 0 Å². The third-order valence-corrected chi connectivity index (χ3v) is 4.43. The van der Waals surface area contributed by atoms with Gasteiger partial charge in [-0.3, -0.25) is 0 Å². The van der Waals surface area contributed by atoms with Gasteiger partial charge in [0.15, 0.2) is 5.69 Å². The monoisotopic (exact) mass is 378 g/mol. The van der Waals surface area contributed by atoms with Crippen LogP contribution in [0.25, 0.3) is 27.4 Å². The molecule has 0 radical (unpaired) electrons. The smallest absolute Gasteiger partial charge is 0.358 e. The predicted octanol–water partition coefficient (Wildman–Crippen LogP) is 3.26. The number of aromatic nitrogens is 4. The molecule has 2 aromatic carbocycles. The predicted molar refractivity (Wildman–Crippen MR) is 103 cm³/mol. The van der Waals surface area contributed by atoms with E-state index in [2.05, 4.69) is 15.3 Å². The van der Waals surface area contributed by atoms with E-state index in [4.69, 9.17) is 9.47 Å². The summed E-state index contributed by atoms with van der Waals surface area (Å²) in [5.74, 6) is -0.895. The van der Waals surface area contributed by atoms with E-state index < -0.39 is 11.9 Å². The molecule has 0 aliphatic carbocycles. The Morgan fingerprint density at radius 2 is 1.86 bits per heavy atom. The number of nitrogens with one attached hydrogen (secondary N) is 1. The van der Waals surface area contributed by atoms with Gasteiger partial charge in [0.05, 0.1) is 36.2 Å². The lowest BCUT2D eigenvalue weighted by Gasteiger charge is -2.10. The first kappa shape index (κ1) is 17.7. The summed E-state index contributed by atoms with van der Waals surface area (Å²) in [5.41, 5.74) is 2.09. The summed E-state index contributed by atoms with van der Waals surface area (Å²) >= 11 is 0. The molecule has 4 aromatic rings. The van der Waals surface area contributed by atoms with Crippen molar-refractivity contribution in [2.75, 3.05) is 13.2 Å². The van der Waals surface area contributed by atoms with Gasteiger partial charge in [-0.25, -0.2) is 14.3 Å². The van der Waals surface area contributed by atoms with E-state index in [1.165, 1.54) is 10.9 Å². The van der Waals surface area contributed by atoms with Gasteiger partial charge in [-0.15, -0.1) is 5.10 Å². The molecule has 0 amide bonds. The lowest BCUT2D eigenvalue weighted by Crippen LogP contribution is -2.12. The van der Waals surface area contributed by atoms with Crippen LogP contribution in [0.2, 0.25) is 0 Å². The van der Waals surface area contributed by atoms with E-state index in [1.54, 1.807) is 20.0 Å². The fraction of sp³-hybridized carbons (Fsp3) is 0.200. The molecule has 0 saturated heterocycles. The third kappa shape index (κ3) is 2.79. The molecule has 0 aliphatic rings. The van der Waals surface area contributed by atoms with Crippen LogP contribution in [0.3, 0.4) is 0 Å². The molecule has 0 fully saturated rings. The Morgan fingerprint density at radius 1 is 1.07 bits per heavy atom. The van der Waals surface area contributed by atoms with Gasteiger partial charge in [-0.05, 0) is 25.3 Å². The second-order valence-electron chi connectivity index (χ2n) is 6.04. The number of nitrogens with zero attached hydrogens (tertiary/aromatic N) is 3. The maximum atomic E-state index is 12.3. The maximum Gasteiger partial charge on any atom is 0.358 e. The second-order valence-corrected chi connectivity index (χ2v) is 6.04. The number of aromatic amines is 1. The fourth-order valence-corrected chi connectivity index (χ4v) is 3.27. The van der Waals surface area contributed by atoms with E-state index in [0.29, 0.717) is 17.9 Å². The minimum absolute atomic E-state index is 0.225. The Morgan fingerprint density at radius 3 is 2.64 bits per heavy atom. The molecule has 1 N–H and O–H groups in total. The lowest BCUT2D eigenvalue weighted by molar-refractivity contribution is 0.0510. The molecule has 2 aromatic heterocycles. The van der Waals surface area contributed by atoms with Crippen LogP contribution in [0.4, 0.5) is 0 Å². The summed E-state index contributed by atoms with van der Waals surface area (Å²) < 4.78 is 11.7. The largest absolute Gasteiger partial charge is 0.462 e. The summed E-state index contributed by atoms with van der Waals surface area (Å²) in [4.78, 5) is 27.7. The van der Waals surface area contributed by atoms with E-state index in [0.717, 1.165) is 21.7 Å². The molecule has 0 bridgehead atoms. The number of carbonyl (C=O) groups excluding carboxylic acids is 2. The molecule has 142 valence electrons. The number of hydrogen-bond acceptors (Lipinski definition) is 6. The summed E-state index contributed by atoms with van der Waals surface area (Å²) in [6.07, 6.45) is 3.00. The van der Waals surface area contributed by atoms with Gasteiger partial charge in [-0.2, -0.15) is 0 Å². The Balaban J connectivity index is 1.96. The van der Waals surface area contributed by atoms with Gasteiger partial charge in [0.25, 0.3) is 0 Å². The van der Waals surface area contributed by atoms with Crippen LogP contribution in [0, 0.1) is 0 Å². The van der Waals surface area contributed by atoms with E-state index >= 15 is 0 Å². The Hall–Kier alpha value is -3.68. The van der Waals surface area contributed by atoms with Gasteiger partial charge < -0.3 is 14.5 Å². The highest BCUT2D eigenvalue weighted by atomic mass is 16.5. The molecule has 8 nitrogen and oxygen atoms in total. The summed E-state index contributed by atoms with van der Waals surface area (Å²) in [6, 6.07) is 9.44. The molecule has 2 heterocycles. The van der Waals surface area contributed by atoms with Crippen LogP contribution in [-0.2, 0) is 9.47 Å². The number of H-pyrrole nitrogens is 1. The number of carbonyl (C=O) groups is 2. The number of fused-ring (bicyclic) bond motifs is 3. The van der Waals surface area contributed by atoms with Gasteiger partial charge in [-0.1, -0.05) is 29.5 Å². The number of benzene rings is 2. The molecule has 0 unspecified atom stereocenters. The van der Waals surface area contributed by atoms with Crippen molar-refractivity contribution in [3.8, 4) is 5.69 Å². The van der Waals surface area contributed by atoms with Crippen molar-refractivity contribution in [2.45, 2.75) is 13.8 Å². The molecule has 0 atom stereocenters. The minimum atomic E-state index is -0.504. The van der Waals surface area contributed by atoms with Crippen molar-refractivity contribution in [3.05, 3.63) is 54.0 Å². The van der Waals surface area contributed by atoms with Crippen LogP contribution in [-0.4, -0.2) is 45.1 Å². The van der Waals surface area contributed by atoms with Crippen molar-refractivity contribution in [2.24, 2.45) is 0 Å². The van der Waals surface area contributed by atoms with Crippen LogP contribution >= 0.6 is 0 Å². The summed E-state index contributed by atoms with van der Waals surface area (Å²) in [6.45, 7) is 4.06. The third-order valence-electron chi connectivity index (χ3n) is 4.43. The SMILES string of the molecule is CCOC(=O)c1c[nH]c2c1ccc1cccc(-n3nncc3C(=O)OCC)c12. The molecular formula is C20H18N4O4. The molecule has 8 heteroatoms. The first-order chi connectivity index (χ1) is 13.7. The van der Waals surface area contributed by atoms with Crippen LogP contribution < -0.4 is 0 Å². The van der Waals surface area contributed by atoms with E-state index in [9.17, 15) is 9.59 Å². The number of esters is 2. The highest BCUT2D eigenvalue weighted by molar-refractivity contribution is 6.15. The molecule has 0 saturated carbocycles. The van der Waals surface area contributed by atoms with Crippen molar-refractivity contribution >= 4 is 33.6 Å². The zero-order valence-electron chi connectivity index (χ0n) is 15.4. The molecule has 0 spiro atoms. The Bertz CT molecular complexity index is 1190. The summed E-state index contributed by atoms with van der Waals surface area (Å²) in [7, 11) is 0. The lowest BCUT2D eigenvalue weighted by atomic mass is 10.0. The molecule has 4 rings (SSSR count). The fourth-order valence-electron chi connectivity index (χ4n) is 3.27. The van der Waals surface area contributed by atoms with Crippen molar-refractivity contribution < 1.29 is 19.1 Å². The first-order valence-corrected chi connectivity index (χ1v) is 8.93. The number of rotatable bonds is 5. The zero-order chi connectivity index (χ0) is 19.7. The molecular weight excluding hydrogens is 360 g/mol. The van der Waals surface area contributed by atoms with Crippen LogP contribution in [0.15, 0.2) is 42.7 Å². The average Bonchev–Trinajstić information content (AvgIpc) is 3.35. The van der Waals surface area contributed by atoms with Crippen LogP contribution in [0.5, 0.6) is 0 Å². The zero-order valence-corrected chi connectivity index (χ0v) is 15.4. The van der Waals surface area contributed by atoms with Crippen molar-refractivity contribution in [3.63, 3.8) is 0 Å². The topological polar surface area (TPSA) is 99.1 Å². The van der Waals surface area contributed by atoms with Gasteiger partial charge in [0.1, 0.15) is 0 Å². The summed E-state index contributed by atoms with van der Waals surface area (Å²) in [5, 5.41) is 10.4. The number of hydrogen-bond donors (Lipinski definition) is 1. The van der Waals surface area contributed by atoms with E-state index in [1.807, 2.05) is 30.3 Å². The molecule has 0 aliphatic heterocycles. The van der Waals surface area contributed by atoms with Gasteiger partial charge in [0, 0.05) is 17.0 Å². The van der Waals surface area contributed by atoms with Crippen molar-refractivity contribution in [1.29, 1.82) is 0 Å². The minimum Gasteiger partial charge on any atom is -0.462 e. The normalized spacial score (nSPS) is 11.1. The van der Waals surface area contributed by atoms with Crippen LogP contribution in [0.1, 0.15) is 34.7 Å².